The van der Waals surface area contributed by atoms with Crippen LogP contribution in [0.2, 0.25) is 0 Å². The van der Waals surface area contributed by atoms with Gasteiger partial charge in [0.05, 0.1) is 0 Å². The summed E-state index contributed by atoms with van der Waals surface area (Å²) >= 11 is 0. The second-order valence-corrected chi connectivity index (χ2v) is 3.63. The fourth-order valence-corrected chi connectivity index (χ4v) is 1.15. The van der Waals surface area contributed by atoms with Crippen LogP contribution in [0.3, 0.4) is 0 Å². The Morgan fingerprint density at radius 1 is 1.27 bits per heavy atom. The van der Waals surface area contributed by atoms with Crippen LogP contribution in [0.4, 0.5) is 19.0 Å². The maximum absolute atomic E-state index is 12.1. The third-order valence-corrected chi connectivity index (χ3v) is 2.22. The fraction of sp³-hybridized carbons (Fsp3) is 0.556. The number of nitrogens with one attached hydrogen (secondary N) is 1. The molecule has 0 unspecified atom stereocenters. The predicted molar refractivity (Wildman–Crippen MR) is 48.2 cm³/mol. The van der Waals surface area contributed by atoms with Gasteiger partial charge < -0.3 is 5.32 Å². The molecule has 15 heavy (non-hydrogen) atoms. The summed E-state index contributed by atoms with van der Waals surface area (Å²) in [5, 5.41) is 9.52. The molecular weight excluding hydrogens is 207 g/mol. The smallest absolute Gasteiger partial charge is 0.368 e. The van der Waals surface area contributed by atoms with Crippen molar-refractivity contribution < 1.29 is 13.2 Å². The fourth-order valence-electron chi connectivity index (χ4n) is 1.15. The summed E-state index contributed by atoms with van der Waals surface area (Å²) in [7, 11) is 0. The molecule has 6 heteroatoms. The molecular formula is C9H10F3N3. The van der Waals surface area contributed by atoms with Crippen molar-refractivity contribution in [3.8, 4) is 0 Å². The number of nitrogens with zero attached hydrogens (tertiary/aromatic N) is 2. The maximum atomic E-state index is 12.1. The Morgan fingerprint density at radius 2 is 2.00 bits per heavy atom. The van der Waals surface area contributed by atoms with Gasteiger partial charge in [0.1, 0.15) is 5.82 Å². The minimum Gasteiger partial charge on any atom is -0.368 e. The van der Waals surface area contributed by atoms with Gasteiger partial charge in [-0.3, -0.25) is 0 Å². The third kappa shape index (κ3) is 2.81. The van der Waals surface area contributed by atoms with Crippen molar-refractivity contribution in [2.45, 2.75) is 19.0 Å². The van der Waals surface area contributed by atoms with Gasteiger partial charge in [0, 0.05) is 6.54 Å². The standard InChI is InChI=1S/C9H10F3N3/c10-9(11,12)7-3-4-8(15-14-7)13-5-6-1-2-6/h3-4,6H,1-2,5H2,(H,13,15). The average molecular weight is 217 g/mol. The first-order valence-corrected chi connectivity index (χ1v) is 4.70. The second-order valence-electron chi connectivity index (χ2n) is 3.63. The number of aromatic nitrogens is 2. The van der Waals surface area contributed by atoms with Crippen LogP contribution < -0.4 is 5.32 Å². The molecule has 1 aliphatic rings. The van der Waals surface area contributed by atoms with E-state index in [1.54, 1.807) is 0 Å². The van der Waals surface area contributed by atoms with E-state index in [2.05, 4.69) is 15.5 Å². The van der Waals surface area contributed by atoms with Gasteiger partial charge in [-0.2, -0.15) is 13.2 Å². The van der Waals surface area contributed by atoms with Gasteiger partial charge in [-0.15, -0.1) is 10.2 Å². The molecule has 1 heterocycles. The highest BCUT2D eigenvalue weighted by atomic mass is 19.4. The van der Waals surface area contributed by atoms with Crippen LogP contribution in [0, 0.1) is 5.92 Å². The van der Waals surface area contributed by atoms with Gasteiger partial charge in [-0.05, 0) is 30.9 Å². The van der Waals surface area contributed by atoms with E-state index in [4.69, 9.17) is 0 Å². The highest BCUT2D eigenvalue weighted by Gasteiger charge is 2.32. The number of anilines is 1. The summed E-state index contributed by atoms with van der Waals surface area (Å²) in [6.07, 6.45) is -2.05. The first kappa shape index (κ1) is 10.2. The Morgan fingerprint density at radius 3 is 2.47 bits per heavy atom. The van der Waals surface area contributed by atoms with Crippen LogP contribution >= 0.6 is 0 Å². The highest BCUT2D eigenvalue weighted by molar-refractivity contribution is 5.33. The van der Waals surface area contributed by atoms with E-state index in [1.807, 2.05) is 0 Å². The third-order valence-electron chi connectivity index (χ3n) is 2.22. The zero-order valence-corrected chi connectivity index (χ0v) is 7.88. The minimum atomic E-state index is -4.41. The van der Waals surface area contributed by atoms with E-state index in [9.17, 15) is 13.2 Å². The van der Waals surface area contributed by atoms with E-state index in [-0.39, 0.29) is 0 Å². The quantitative estimate of drug-likeness (QED) is 0.844. The Bertz CT molecular complexity index is 329. The molecule has 1 saturated carbocycles. The molecule has 0 radical (unpaired) electrons. The molecule has 0 bridgehead atoms. The van der Waals surface area contributed by atoms with Gasteiger partial charge in [0.2, 0.25) is 0 Å². The first-order valence-electron chi connectivity index (χ1n) is 4.70. The average Bonchev–Trinajstić information content (AvgIpc) is 2.97. The summed E-state index contributed by atoms with van der Waals surface area (Å²) in [5.74, 6) is 1.05. The van der Waals surface area contributed by atoms with Gasteiger partial charge >= 0.3 is 6.18 Å². The molecule has 0 aromatic carbocycles. The highest BCUT2D eigenvalue weighted by Crippen LogP contribution is 2.29. The molecule has 82 valence electrons. The van der Waals surface area contributed by atoms with Crippen LogP contribution in [-0.2, 0) is 6.18 Å². The molecule has 1 aromatic rings. The lowest BCUT2D eigenvalue weighted by Crippen LogP contribution is -2.11. The van der Waals surface area contributed by atoms with E-state index in [0.717, 1.165) is 12.6 Å². The zero-order valence-electron chi connectivity index (χ0n) is 7.88. The molecule has 1 fully saturated rings. The summed E-state index contributed by atoms with van der Waals surface area (Å²) < 4.78 is 36.4. The maximum Gasteiger partial charge on any atom is 0.435 e. The Hall–Kier alpha value is -1.33. The summed E-state index contributed by atoms with van der Waals surface area (Å²) in [6.45, 7) is 0.764. The first-order chi connectivity index (χ1) is 7.05. The lowest BCUT2D eigenvalue weighted by Gasteiger charge is -2.06. The Balaban J connectivity index is 1.96. The van der Waals surface area contributed by atoms with Crippen LogP contribution in [0.5, 0.6) is 0 Å². The van der Waals surface area contributed by atoms with Crippen LogP contribution in [-0.4, -0.2) is 16.7 Å². The summed E-state index contributed by atoms with van der Waals surface area (Å²) in [5.41, 5.74) is -0.959. The molecule has 0 aliphatic heterocycles. The molecule has 2 rings (SSSR count). The largest absolute Gasteiger partial charge is 0.435 e. The molecule has 1 aliphatic carbocycles. The van der Waals surface area contributed by atoms with Crippen molar-refractivity contribution in [1.29, 1.82) is 0 Å². The normalized spacial score (nSPS) is 16.5. The van der Waals surface area contributed by atoms with E-state index in [1.165, 1.54) is 18.9 Å². The van der Waals surface area contributed by atoms with Crippen molar-refractivity contribution in [2.75, 3.05) is 11.9 Å². The molecule has 0 spiro atoms. The molecule has 0 amide bonds. The van der Waals surface area contributed by atoms with Gasteiger partial charge in [0.25, 0.3) is 0 Å². The predicted octanol–water partition coefficient (Wildman–Crippen LogP) is 2.32. The number of hydrogen-bond acceptors (Lipinski definition) is 3. The SMILES string of the molecule is FC(F)(F)c1ccc(NCC2CC2)nn1. The molecule has 1 aromatic heterocycles. The van der Waals surface area contributed by atoms with Gasteiger partial charge in [-0.25, -0.2) is 0 Å². The molecule has 0 atom stereocenters. The van der Waals surface area contributed by atoms with E-state index < -0.39 is 11.9 Å². The van der Waals surface area contributed by atoms with Crippen molar-refractivity contribution in [3.63, 3.8) is 0 Å². The van der Waals surface area contributed by atoms with E-state index >= 15 is 0 Å². The molecule has 1 N–H and O–H groups in total. The molecule has 0 saturated heterocycles. The molecule has 3 nitrogen and oxygen atoms in total. The second kappa shape index (κ2) is 3.67. The Labute approximate surface area is 84.7 Å². The summed E-state index contributed by atoms with van der Waals surface area (Å²) in [6, 6.07) is 2.24. The zero-order chi connectivity index (χ0) is 10.9. The topological polar surface area (TPSA) is 37.8 Å². The van der Waals surface area contributed by atoms with E-state index in [0.29, 0.717) is 11.7 Å². The van der Waals surface area contributed by atoms with Crippen LogP contribution in [0.25, 0.3) is 0 Å². The monoisotopic (exact) mass is 217 g/mol. The van der Waals surface area contributed by atoms with Gasteiger partial charge in [0.15, 0.2) is 5.69 Å². The number of halogens is 3. The lowest BCUT2D eigenvalue weighted by atomic mass is 10.3. The van der Waals surface area contributed by atoms with Crippen molar-refractivity contribution in [1.82, 2.24) is 10.2 Å². The van der Waals surface area contributed by atoms with Crippen molar-refractivity contribution in [2.24, 2.45) is 5.92 Å². The Kier molecular flexibility index (Phi) is 2.50. The van der Waals surface area contributed by atoms with Crippen molar-refractivity contribution >= 4 is 5.82 Å². The van der Waals surface area contributed by atoms with Crippen LogP contribution in [0.1, 0.15) is 18.5 Å². The number of alkyl halides is 3. The summed E-state index contributed by atoms with van der Waals surface area (Å²) in [4.78, 5) is 0. The number of hydrogen-bond donors (Lipinski definition) is 1. The van der Waals surface area contributed by atoms with Crippen LogP contribution in [0.15, 0.2) is 12.1 Å². The van der Waals surface area contributed by atoms with Crippen molar-refractivity contribution in [3.05, 3.63) is 17.8 Å². The minimum absolute atomic E-state index is 0.398. The lowest BCUT2D eigenvalue weighted by molar-refractivity contribution is -0.141. The van der Waals surface area contributed by atoms with Gasteiger partial charge in [-0.1, -0.05) is 0 Å². The number of rotatable bonds is 3.